The Balaban J connectivity index is 2.30. The first-order valence-corrected chi connectivity index (χ1v) is 9.62. The van der Waals surface area contributed by atoms with Crippen molar-refractivity contribution in [1.29, 1.82) is 0 Å². The molecule has 1 aliphatic rings. The van der Waals surface area contributed by atoms with Crippen LogP contribution in [0.1, 0.15) is 44.0 Å². The highest BCUT2D eigenvalue weighted by Crippen LogP contribution is 2.32. The summed E-state index contributed by atoms with van der Waals surface area (Å²) in [5, 5.41) is 0. The van der Waals surface area contributed by atoms with Crippen LogP contribution in [0.2, 0.25) is 0 Å². The van der Waals surface area contributed by atoms with Crippen LogP contribution in [0.3, 0.4) is 0 Å². The molecule has 1 fully saturated rings. The van der Waals surface area contributed by atoms with Crippen LogP contribution in [0.25, 0.3) is 0 Å². The number of amides is 1. The summed E-state index contributed by atoms with van der Waals surface area (Å²) >= 11 is 0. The molecule has 1 saturated carbocycles. The lowest BCUT2D eigenvalue weighted by atomic mass is 10.0. The van der Waals surface area contributed by atoms with Gasteiger partial charge in [-0.05, 0) is 43.9 Å². The average Bonchev–Trinajstić information content (AvgIpc) is 3.38. The summed E-state index contributed by atoms with van der Waals surface area (Å²) in [4.78, 5) is 14.9. The second-order valence-corrected chi connectivity index (χ2v) is 8.25. The van der Waals surface area contributed by atoms with Gasteiger partial charge in [-0.2, -0.15) is 4.72 Å². The Hall–Kier alpha value is -1.84. The zero-order chi connectivity index (χ0) is 17.9. The number of sulfonamides is 1. The Morgan fingerprint density at radius 3 is 2.58 bits per heavy atom. The van der Waals surface area contributed by atoms with Crippen LogP contribution in [-0.4, -0.2) is 37.9 Å². The Kier molecular flexibility index (Phi) is 5.68. The normalized spacial score (nSPS) is 15.8. The summed E-state index contributed by atoms with van der Waals surface area (Å²) in [6.07, 6.45) is 7.10. The number of rotatable bonds is 7. The molecular formula is C18H24N2O3S. The van der Waals surface area contributed by atoms with Gasteiger partial charge >= 0.3 is 0 Å². The van der Waals surface area contributed by atoms with E-state index in [9.17, 15) is 13.2 Å². The van der Waals surface area contributed by atoms with Gasteiger partial charge in [0.25, 0.3) is 5.91 Å². The average molecular weight is 348 g/mol. The van der Waals surface area contributed by atoms with E-state index >= 15 is 0 Å². The van der Waals surface area contributed by atoms with Gasteiger partial charge in [-0.25, -0.2) is 8.42 Å². The van der Waals surface area contributed by atoms with Gasteiger partial charge < -0.3 is 4.90 Å². The van der Waals surface area contributed by atoms with E-state index in [1.807, 2.05) is 11.8 Å². The third-order valence-electron chi connectivity index (χ3n) is 4.33. The quantitative estimate of drug-likeness (QED) is 0.769. The van der Waals surface area contributed by atoms with Crippen LogP contribution in [-0.2, 0) is 10.0 Å². The SMILES string of the molecule is C#CCNS(=O)(=O)c1cccc(C(=O)N(C2CC2)[C@H](C)C(C)C)c1. The number of terminal acetylenes is 1. The monoisotopic (exact) mass is 348 g/mol. The van der Waals surface area contributed by atoms with Crippen LogP contribution < -0.4 is 4.72 Å². The molecule has 1 aromatic rings. The van der Waals surface area contributed by atoms with Gasteiger partial charge in [0.05, 0.1) is 11.4 Å². The Labute approximate surface area is 144 Å². The number of hydrogen-bond acceptors (Lipinski definition) is 3. The third-order valence-corrected chi connectivity index (χ3v) is 5.73. The van der Waals surface area contributed by atoms with Gasteiger partial charge in [-0.1, -0.05) is 25.8 Å². The molecule has 0 unspecified atom stereocenters. The molecule has 1 N–H and O–H groups in total. The van der Waals surface area contributed by atoms with E-state index in [2.05, 4.69) is 24.5 Å². The van der Waals surface area contributed by atoms with Crippen LogP contribution in [0.4, 0.5) is 0 Å². The fraction of sp³-hybridized carbons (Fsp3) is 0.500. The fourth-order valence-electron chi connectivity index (χ4n) is 2.52. The van der Waals surface area contributed by atoms with Crippen molar-refractivity contribution in [2.75, 3.05) is 6.54 Å². The minimum atomic E-state index is -3.71. The number of benzene rings is 1. The molecule has 0 heterocycles. The number of carbonyl (C=O) groups is 1. The van der Waals surface area contributed by atoms with E-state index in [1.165, 1.54) is 12.1 Å². The molecule has 130 valence electrons. The zero-order valence-electron chi connectivity index (χ0n) is 14.3. The first-order valence-electron chi connectivity index (χ1n) is 8.13. The minimum absolute atomic E-state index is 0.0524. The number of hydrogen-bond donors (Lipinski definition) is 1. The van der Waals surface area contributed by atoms with Gasteiger partial charge in [-0.3, -0.25) is 4.79 Å². The molecule has 0 aromatic heterocycles. The van der Waals surface area contributed by atoms with Crippen LogP contribution >= 0.6 is 0 Å². The molecule has 6 heteroatoms. The second kappa shape index (κ2) is 7.37. The third kappa shape index (κ3) is 4.16. The molecule has 0 bridgehead atoms. The van der Waals surface area contributed by atoms with Crippen molar-refractivity contribution in [1.82, 2.24) is 9.62 Å². The van der Waals surface area contributed by atoms with Crippen LogP contribution in [0, 0.1) is 18.3 Å². The Bertz CT molecular complexity index is 746. The second-order valence-electron chi connectivity index (χ2n) is 6.48. The van der Waals surface area contributed by atoms with E-state index in [0.29, 0.717) is 11.5 Å². The van der Waals surface area contributed by atoms with Crippen molar-refractivity contribution in [3.05, 3.63) is 29.8 Å². The fourth-order valence-corrected chi connectivity index (χ4v) is 3.50. The van der Waals surface area contributed by atoms with Crippen molar-refractivity contribution < 1.29 is 13.2 Å². The van der Waals surface area contributed by atoms with Gasteiger partial charge in [0.15, 0.2) is 0 Å². The molecule has 0 radical (unpaired) electrons. The zero-order valence-corrected chi connectivity index (χ0v) is 15.1. The largest absolute Gasteiger partial charge is 0.333 e. The van der Waals surface area contributed by atoms with Crippen molar-refractivity contribution in [3.8, 4) is 12.3 Å². The van der Waals surface area contributed by atoms with Crippen molar-refractivity contribution in [2.45, 2.75) is 50.6 Å². The van der Waals surface area contributed by atoms with E-state index in [-0.39, 0.29) is 29.4 Å². The first kappa shape index (κ1) is 18.5. The summed E-state index contributed by atoms with van der Waals surface area (Å²) in [5.74, 6) is 2.45. The molecule has 1 aliphatic carbocycles. The number of nitrogens with one attached hydrogen (secondary N) is 1. The maximum Gasteiger partial charge on any atom is 0.254 e. The molecule has 2 rings (SSSR count). The maximum absolute atomic E-state index is 12.9. The van der Waals surface area contributed by atoms with E-state index in [0.717, 1.165) is 12.8 Å². The summed E-state index contributed by atoms with van der Waals surface area (Å²) < 4.78 is 26.7. The predicted octanol–water partition coefficient (Wildman–Crippen LogP) is 2.25. The lowest BCUT2D eigenvalue weighted by molar-refractivity contribution is 0.0627. The molecule has 0 saturated heterocycles. The van der Waals surface area contributed by atoms with Gasteiger partial charge in [0.2, 0.25) is 10.0 Å². The molecule has 1 atom stereocenters. The van der Waals surface area contributed by atoms with Gasteiger partial charge in [0, 0.05) is 17.6 Å². The highest BCUT2D eigenvalue weighted by Gasteiger charge is 2.37. The lowest BCUT2D eigenvalue weighted by Crippen LogP contribution is -2.43. The Morgan fingerprint density at radius 1 is 1.38 bits per heavy atom. The molecule has 1 aromatic carbocycles. The van der Waals surface area contributed by atoms with Crippen LogP contribution in [0.15, 0.2) is 29.2 Å². The highest BCUT2D eigenvalue weighted by molar-refractivity contribution is 7.89. The number of carbonyl (C=O) groups excluding carboxylic acids is 1. The van der Waals surface area contributed by atoms with Crippen molar-refractivity contribution in [3.63, 3.8) is 0 Å². The molecule has 0 aliphatic heterocycles. The summed E-state index contributed by atoms with van der Waals surface area (Å²) in [5.41, 5.74) is 0.387. The minimum Gasteiger partial charge on any atom is -0.333 e. The van der Waals surface area contributed by atoms with Crippen LogP contribution in [0.5, 0.6) is 0 Å². The van der Waals surface area contributed by atoms with E-state index in [4.69, 9.17) is 6.42 Å². The summed E-state index contributed by atoms with van der Waals surface area (Å²) in [7, 11) is -3.71. The van der Waals surface area contributed by atoms with Gasteiger partial charge in [-0.15, -0.1) is 6.42 Å². The Morgan fingerprint density at radius 2 is 2.04 bits per heavy atom. The molecule has 5 nitrogen and oxygen atoms in total. The highest BCUT2D eigenvalue weighted by atomic mass is 32.2. The molecule has 1 amide bonds. The van der Waals surface area contributed by atoms with Gasteiger partial charge in [0.1, 0.15) is 0 Å². The van der Waals surface area contributed by atoms with Crippen molar-refractivity contribution >= 4 is 15.9 Å². The van der Waals surface area contributed by atoms with E-state index < -0.39 is 10.0 Å². The van der Waals surface area contributed by atoms with E-state index in [1.54, 1.807) is 12.1 Å². The lowest BCUT2D eigenvalue weighted by Gasteiger charge is -2.32. The summed E-state index contributed by atoms with van der Waals surface area (Å²) in [6, 6.07) is 6.49. The molecular weight excluding hydrogens is 324 g/mol. The maximum atomic E-state index is 12.9. The summed E-state index contributed by atoms with van der Waals surface area (Å²) in [6.45, 7) is 6.12. The molecule has 24 heavy (non-hydrogen) atoms. The molecule has 0 spiro atoms. The topological polar surface area (TPSA) is 66.5 Å². The van der Waals surface area contributed by atoms with Crippen molar-refractivity contribution in [2.24, 2.45) is 5.92 Å². The smallest absolute Gasteiger partial charge is 0.254 e. The standard InChI is InChI=1S/C18H24N2O3S/c1-5-11-19-24(22,23)17-8-6-7-15(12-17)18(21)20(16-9-10-16)14(4)13(2)3/h1,6-8,12-14,16,19H,9-11H2,2-4H3/t14-/m1/s1. The number of nitrogens with zero attached hydrogens (tertiary/aromatic N) is 1. The first-order chi connectivity index (χ1) is 11.3. The predicted molar refractivity (Wildman–Crippen MR) is 94.0 cm³/mol.